The van der Waals surface area contributed by atoms with Crippen molar-refractivity contribution in [2.45, 2.75) is 44.2 Å². The van der Waals surface area contributed by atoms with Crippen LogP contribution in [0.15, 0.2) is 18.2 Å². The van der Waals surface area contributed by atoms with Crippen LogP contribution in [0.25, 0.3) is 0 Å². The molecule has 3 aliphatic rings. The molecule has 4 rings (SSSR count). The standard InChI is InChI=1S/C22H23N3O5/c1-2-3-10-24-11-8-14(9-12-24)30-15-4-5-16-17(13-15)22(29)25(21(16)28)18-6-7-19(26)23-20(18)27/h1,4-5,13-14,18H,3,6-12H2,(H,23,26,27). The lowest BCUT2D eigenvalue weighted by atomic mass is 10.0. The minimum absolute atomic E-state index is 0.0311. The molecule has 2 saturated heterocycles. The van der Waals surface area contributed by atoms with Gasteiger partial charge in [-0.25, -0.2) is 0 Å². The number of carbonyl (C=O) groups excluding carboxylic acids is 4. The highest BCUT2D eigenvalue weighted by atomic mass is 16.5. The Hall–Kier alpha value is -3.18. The van der Waals surface area contributed by atoms with Crippen molar-refractivity contribution in [2.24, 2.45) is 0 Å². The summed E-state index contributed by atoms with van der Waals surface area (Å²) in [6.45, 7) is 2.69. The van der Waals surface area contributed by atoms with Crippen molar-refractivity contribution in [3.63, 3.8) is 0 Å². The number of nitrogens with zero attached hydrogens (tertiary/aromatic N) is 2. The Labute approximate surface area is 174 Å². The van der Waals surface area contributed by atoms with Gasteiger partial charge in [-0.3, -0.25) is 29.4 Å². The maximum absolute atomic E-state index is 12.9. The zero-order valence-electron chi connectivity index (χ0n) is 16.6. The maximum Gasteiger partial charge on any atom is 0.262 e. The normalized spacial score (nSPS) is 22.6. The van der Waals surface area contributed by atoms with Crippen LogP contribution in [0.4, 0.5) is 0 Å². The largest absolute Gasteiger partial charge is 0.490 e. The number of amides is 4. The third-order valence-electron chi connectivity index (χ3n) is 5.82. The average Bonchev–Trinajstić information content (AvgIpc) is 2.98. The number of fused-ring (bicyclic) bond motifs is 1. The predicted molar refractivity (Wildman–Crippen MR) is 107 cm³/mol. The maximum atomic E-state index is 12.9. The highest BCUT2D eigenvalue weighted by Gasteiger charge is 2.44. The van der Waals surface area contributed by atoms with Gasteiger partial charge in [0.05, 0.1) is 11.1 Å². The fourth-order valence-corrected chi connectivity index (χ4v) is 4.19. The number of carbonyl (C=O) groups is 4. The Balaban J connectivity index is 1.43. The number of hydrogen-bond acceptors (Lipinski definition) is 6. The van der Waals surface area contributed by atoms with E-state index >= 15 is 0 Å². The van der Waals surface area contributed by atoms with E-state index < -0.39 is 29.7 Å². The van der Waals surface area contributed by atoms with Gasteiger partial charge in [0.15, 0.2) is 0 Å². The van der Waals surface area contributed by atoms with Gasteiger partial charge in [0.25, 0.3) is 11.8 Å². The van der Waals surface area contributed by atoms with E-state index in [9.17, 15) is 19.2 Å². The molecule has 3 aliphatic heterocycles. The molecule has 8 nitrogen and oxygen atoms in total. The fraction of sp³-hybridized carbons (Fsp3) is 0.455. The third-order valence-corrected chi connectivity index (χ3v) is 5.82. The minimum Gasteiger partial charge on any atom is -0.490 e. The number of rotatable bonds is 5. The van der Waals surface area contributed by atoms with Gasteiger partial charge in [-0.15, -0.1) is 12.3 Å². The fourth-order valence-electron chi connectivity index (χ4n) is 4.19. The first-order valence-corrected chi connectivity index (χ1v) is 10.2. The second-order valence-electron chi connectivity index (χ2n) is 7.77. The molecule has 1 N–H and O–H groups in total. The molecule has 1 aromatic carbocycles. The molecule has 1 aromatic rings. The summed E-state index contributed by atoms with van der Waals surface area (Å²) in [4.78, 5) is 52.4. The molecule has 0 bridgehead atoms. The van der Waals surface area contributed by atoms with Crippen molar-refractivity contribution in [1.29, 1.82) is 0 Å². The second kappa shape index (κ2) is 8.28. The van der Waals surface area contributed by atoms with Gasteiger partial charge >= 0.3 is 0 Å². The van der Waals surface area contributed by atoms with E-state index in [4.69, 9.17) is 11.2 Å². The van der Waals surface area contributed by atoms with Gasteiger partial charge in [-0.2, -0.15) is 0 Å². The quantitative estimate of drug-likeness (QED) is 0.575. The van der Waals surface area contributed by atoms with E-state index in [-0.39, 0.29) is 30.1 Å². The number of likely N-dealkylation sites (tertiary alicyclic amines) is 1. The number of ether oxygens (including phenoxy) is 1. The molecule has 1 atom stereocenters. The number of benzene rings is 1. The predicted octanol–water partition coefficient (Wildman–Crippen LogP) is 0.954. The number of hydrogen-bond donors (Lipinski definition) is 1. The zero-order valence-corrected chi connectivity index (χ0v) is 16.6. The summed E-state index contributed by atoms with van der Waals surface area (Å²) in [5.74, 6) is 1.13. The molecule has 0 radical (unpaired) electrons. The summed E-state index contributed by atoms with van der Waals surface area (Å²) in [7, 11) is 0. The van der Waals surface area contributed by atoms with Crippen LogP contribution in [0, 0.1) is 12.3 Å². The highest BCUT2D eigenvalue weighted by Crippen LogP contribution is 2.31. The molecule has 2 fully saturated rings. The van der Waals surface area contributed by atoms with E-state index in [1.807, 2.05) is 0 Å². The lowest BCUT2D eigenvalue weighted by Gasteiger charge is -2.31. The van der Waals surface area contributed by atoms with Crippen LogP contribution in [-0.2, 0) is 9.59 Å². The summed E-state index contributed by atoms with van der Waals surface area (Å²) in [5.41, 5.74) is 0.481. The Kier molecular flexibility index (Phi) is 5.55. The van der Waals surface area contributed by atoms with Crippen molar-refractivity contribution in [2.75, 3.05) is 19.6 Å². The Morgan fingerprint density at radius 3 is 2.50 bits per heavy atom. The molecule has 3 heterocycles. The molecule has 0 aromatic heterocycles. The third kappa shape index (κ3) is 3.81. The zero-order chi connectivity index (χ0) is 21.3. The molecular formula is C22H23N3O5. The van der Waals surface area contributed by atoms with Crippen LogP contribution >= 0.6 is 0 Å². The Morgan fingerprint density at radius 1 is 1.07 bits per heavy atom. The van der Waals surface area contributed by atoms with Crippen molar-refractivity contribution in [3.05, 3.63) is 29.3 Å². The van der Waals surface area contributed by atoms with Crippen molar-refractivity contribution in [1.82, 2.24) is 15.1 Å². The van der Waals surface area contributed by atoms with Gasteiger partial charge in [0.2, 0.25) is 11.8 Å². The van der Waals surface area contributed by atoms with E-state index in [0.717, 1.165) is 43.8 Å². The molecular weight excluding hydrogens is 386 g/mol. The first kappa shape index (κ1) is 20.1. The molecule has 4 amide bonds. The molecule has 0 aliphatic carbocycles. The summed E-state index contributed by atoms with van der Waals surface area (Å²) >= 11 is 0. The van der Waals surface area contributed by atoms with E-state index in [0.29, 0.717) is 5.75 Å². The Bertz CT molecular complexity index is 943. The van der Waals surface area contributed by atoms with E-state index in [1.54, 1.807) is 18.2 Å². The summed E-state index contributed by atoms with van der Waals surface area (Å²) in [5, 5.41) is 2.19. The highest BCUT2D eigenvalue weighted by molar-refractivity contribution is 6.23. The van der Waals surface area contributed by atoms with Crippen LogP contribution in [0.1, 0.15) is 52.8 Å². The Morgan fingerprint density at radius 2 is 1.80 bits per heavy atom. The van der Waals surface area contributed by atoms with Crippen LogP contribution < -0.4 is 10.1 Å². The first-order chi connectivity index (χ1) is 14.5. The van der Waals surface area contributed by atoms with Crippen molar-refractivity contribution in [3.8, 4) is 18.1 Å². The van der Waals surface area contributed by atoms with Crippen LogP contribution in [0.2, 0.25) is 0 Å². The SMILES string of the molecule is C#CCCN1CCC(Oc2ccc3c(c2)C(=O)N(C2CCC(=O)NC2=O)C3=O)CC1. The number of terminal acetylenes is 1. The van der Waals surface area contributed by atoms with Crippen molar-refractivity contribution < 1.29 is 23.9 Å². The van der Waals surface area contributed by atoms with Gasteiger partial charge in [-0.1, -0.05) is 0 Å². The molecule has 0 spiro atoms. The number of nitrogens with one attached hydrogen (secondary N) is 1. The van der Waals surface area contributed by atoms with E-state index in [1.165, 1.54) is 0 Å². The monoisotopic (exact) mass is 409 g/mol. The lowest BCUT2D eigenvalue weighted by molar-refractivity contribution is -0.136. The van der Waals surface area contributed by atoms with Crippen LogP contribution in [0.3, 0.4) is 0 Å². The smallest absolute Gasteiger partial charge is 0.262 e. The minimum atomic E-state index is -0.966. The van der Waals surface area contributed by atoms with Crippen molar-refractivity contribution >= 4 is 23.6 Å². The summed E-state index contributed by atoms with van der Waals surface area (Å²) in [6.07, 6.45) is 8.03. The van der Waals surface area contributed by atoms with Crippen LogP contribution in [-0.4, -0.2) is 65.2 Å². The second-order valence-corrected chi connectivity index (χ2v) is 7.77. The molecule has 30 heavy (non-hydrogen) atoms. The molecule has 156 valence electrons. The van der Waals surface area contributed by atoms with Crippen LogP contribution in [0.5, 0.6) is 5.75 Å². The average molecular weight is 409 g/mol. The molecule has 1 unspecified atom stereocenters. The van der Waals surface area contributed by atoms with Gasteiger partial charge < -0.3 is 9.64 Å². The number of piperidine rings is 2. The van der Waals surface area contributed by atoms with Gasteiger partial charge in [-0.05, 0) is 37.5 Å². The summed E-state index contributed by atoms with van der Waals surface area (Å²) < 4.78 is 6.06. The molecule has 0 saturated carbocycles. The number of imide groups is 2. The lowest BCUT2D eigenvalue weighted by Crippen LogP contribution is -2.54. The molecule has 8 heteroatoms. The first-order valence-electron chi connectivity index (χ1n) is 10.2. The van der Waals surface area contributed by atoms with E-state index in [2.05, 4.69) is 16.1 Å². The topological polar surface area (TPSA) is 96.0 Å². The van der Waals surface area contributed by atoms with Gasteiger partial charge in [0.1, 0.15) is 17.9 Å². The summed E-state index contributed by atoms with van der Waals surface area (Å²) in [6, 6.07) is 3.86. The van der Waals surface area contributed by atoms with Gasteiger partial charge in [0, 0.05) is 32.5 Å².